The van der Waals surface area contributed by atoms with Crippen LogP contribution in [0.25, 0.3) is 0 Å². The lowest BCUT2D eigenvalue weighted by molar-refractivity contribution is -0.139. The summed E-state index contributed by atoms with van der Waals surface area (Å²) in [6, 6.07) is 8.40. The third kappa shape index (κ3) is 4.36. The molecule has 7 heteroatoms. The first-order valence-corrected chi connectivity index (χ1v) is 9.60. The van der Waals surface area contributed by atoms with Crippen LogP contribution in [-0.2, 0) is 29.0 Å². The molecule has 2 aliphatic rings. The summed E-state index contributed by atoms with van der Waals surface area (Å²) in [5, 5.41) is 8.03. The van der Waals surface area contributed by atoms with Crippen molar-refractivity contribution in [3.63, 3.8) is 0 Å². The smallest absolute Gasteiger partial charge is 0.223 e. The highest BCUT2D eigenvalue weighted by Crippen LogP contribution is 2.23. The van der Waals surface area contributed by atoms with Crippen LogP contribution in [-0.4, -0.2) is 46.8 Å². The van der Waals surface area contributed by atoms with E-state index in [0.29, 0.717) is 32.5 Å². The van der Waals surface area contributed by atoms with Crippen LogP contribution in [0.1, 0.15) is 35.9 Å². The molecule has 0 spiro atoms. The molecule has 1 N–H and O–H groups in total. The van der Waals surface area contributed by atoms with E-state index in [1.165, 1.54) is 17.8 Å². The Hall–Kier alpha value is -2.25. The average Bonchev–Trinajstić information content (AvgIpc) is 2.96. The van der Waals surface area contributed by atoms with Gasteiger partial charge in [-0.15, -0.1) is 0 Å². The number of aromatic nitrogens is 2. The van der Waals surface area contributed by atoms with Gasteiger partial charge in [0.2, 0.25) is 5.91 Å². The van der Waals surface area contributed by atoms with Crippen molar-refractivity contribution in [1.29, 1.82) is 0 Å². The summed E-state index contributed by atoms with van der Waals surface area (Å²) in [6.07, 6.45) is 1.97. The molecule has 1 aromatic carbocycles. The molecule has 0 aliphatic carbocycles. The van der Waals surface area contributed by atoms with Gasteiger partial charge in [-0.2, -0.15) is 5.10 Å². The zero-order valence-corrected chi connectivity index (χ0v) is 15.4. The molecule has 1 aromatic heterocycles. The topological polar surface area (TPSA) is 59.4 Å². The Morgan fingerprint density at radius 3 is 3.00 bits per heavy atom. The molecule has 2 aliphatic heterocycles. The first-order chi connectivity index (χ1) is 13.2. The van der Waals surface area contributed by atoms with Gasteiger partial charge in [0.25, 0.3) is 0 Å². The second kappa shape index (κ2) is 8.19. The predicted octanol–water partition coefficient (Wildman–Crippen LogP) is 2.05. The molecule has 3 heterocycles. The lowest BCUT2D eigenvalue weighted by Gasteiger charge is -2.33. The van der Waals surface area contributed by atoms with Crippen LogP contribution in [0.15, 0.2) is 30.3 Å². The van der Waals surface area contributed by atoms with E-state index >= 15 is 0 Å². The molecule has 144 valence electrons. The largest absolute Gasteiger partial charge is 0.370 e. The Bertz CT molecular complexity index is 766. The van der Waals surface area contributed by atoms with Crippen LogP contribution >= 0.6 is 0 Å². The highest BCUT2D eigenvalue weighted by molar-refractivity contribution is 5.76. The summed E-state index contributed by atoms with van der Waals surface area (Å²) in [4.78, 5) is 14.5. The van der Waals surface area contributed by atoms with Crippen LogP contribution < -0.4 is 5.32 Å². The molecule has 0 saturated carbocycles. The van der Waals surface area contributed by atoms with Crippen LogP contribution in [0.3, 0.4) is 0 Å². The molecular weight excluding hydrogens is 347 g/mol. The maximum absolute atomic E-state index is 13.1. The highest BCUT2D eigenvalue weighted by atomic mass is 19.1. The summed E-state index contributed by atoms with van der Waals surface area (Å²) in [5.41, 5.74) is 3.07. The number of rotatable bonds is 4. The van der Waals surface area contributed by atoms with Gasteiger partial charge >= 0.3 is 0 Å². The molecule has 27 heavy (non-hydrogen) atoms. The Morgan fingerprint density at radius 1 is 1.30 bits per heavy atom. The quantitative estimate of drug-likeness (QED) is 0.892. The number of carbonyl (C=O) groups is 1. The standard InChI is InChI=1S/C20H25FN4O2/c21-16-4-2-15(3-5-16)19-14-24(10-11-27-19)20(26)7-6-17-12-18-13-22-8-1-9-25(18)23-17/h2-5,12,19,22H,1,6-11,13-14H2. The van der Waals surface area contributed by atoms with E-state index in [4.69, 9.17) is 4.74 Å². The second-order valence-electron chi connectivity index (χ2n) is 7.13. The fraction of sp³-hybridized carbons (Fsp3) is 0.500. The van der Waals surface area contributed by atoms with Crippen molar-refractivity contribution >= 4 is 5.91 Å². The van der Waals surface area contributed by atoms with Crippen LogP contribution in [0.4, 0.5) is 4.39 Å². The number of hydrogen-bond donors (Lipinski definition) is 1. The minimum absolute atomic E-state index is 0.117. The van der Waals surface area contributed by atoms with Crippen molar-refractivity contribution in [2.75, 3.05) is 26.2 Å². The van der Waals surface area contributed by atoms with E-state index in [-0.39, 0.29) is 17.8 Å². The van der Waals surface area contributed by atoms with Crippen molar-refractivity contribution in [1.82, 2.24) is 20.0 Å². The van der Waals surface area contributed by atoms with Crippen molar-refractivity contribution in [2.24, 2.45) is 0 Å². The van der Waals surface area contributed by atoms with E-state index in [9.17, 15) is 9.18 Å². The summed E-state index contributed by atoms with van der Waals surface area (Å²) in [5.74, 6) is -0.150. The van der Waals surface area contributed by atoms with E-state index in [1.54, 1.807) is 12.1 Å². The van der Waals surface area contributed by atoms with Gasteiger partial charge in [0.1, 0.15) is 11.9 Å². The third-order valence-corrected chi connectivity index (χ3v) is 5.20. The number of morpholine rings is 1. The number of ether oxygens (including phenoxy) is 1. The van der Waals surface area contributed by atoms with Crippen molar-refractivity contribution < 1.29 is 13.9 Å². The van der Waals surface area contributed by atoms with Crippen molar-refractivity contribution in [2.45, 2.75) is 38.5 Å². The number of benzene rings is 1. The van der Waals surface area contributed by atoms with Crippen LogP contribution in [0.5, 0.6) is 0 Å². The predicted molar refractivity (Wildman–Crippen MR) is 98.5 cm³/mol. The molecule has 0 radical (unpaired) electrons. The molecule has 1 fully saturated rings. The molecule has 1 unspecified atom stereocenters. The van der Waals surface area contributed by atoms with Gasteiger partial charge in [0.05, 0.1) is 24.5 Å². The zero-order valence-electron chi connectivity index (χ0n) is 15.4. The minimum Gasteiger partial charge on any atom is -0.370 e. The molecule has 1 atom stereocenters. The summed E-state index contributed by atoms with van der Waals surface area (Å²) in [7, 11) is 0. The summed E-state index contributed by atoms with van der Waals surface area (Å²) < 4.78 is 20.9. The fourth-order valence-electron chi connectivity index (χ4n) is 3.69. The molecular formula is C20H25FN4O2. The maximum Gasteiger partial charge on any atom is 0.223 e. The minimum atomic E-state index is -0.267. The number of halogens is 1. The molecule has 6 nitrogen and oxygen atoms in total. The SMILES string of the molecule is O=C(CCc1cc2n(n1)CCCNC2)N1CCOC(c2ccc(F)cc2)C1. The van der Waals surface area contributed by atoms with E-state index < -0.39 is 0 Å². The van der Waals surface area contributed by atoms with E-state index in [2.05, 4.69) is 21.2 Å². The van der Waals surface area contributed by atoms with Crippen LogP contribution in [0, 0.1) is 5.82 Å². The summed E-state index contributed by atoms with van der Waals surface area (Å²) >= 11 is 0. The number of nitrogens with one attached hydrogen (secondary N) is 1. The first-order valence-electron chi connectivity index (χ1n) is 9.60. The molecule has 1 saturated heterocycles. The first kappa shape index (κ1) is 18.1. The third-order valence-electron chi connectivity index (χ3n) is 5.20. The number of fused-ring (bicyclic) bond motifs is 1. The van der Waals surface area contributed by atoms with Gasteiger partial charge in [0.15, 0.2) is 0 Å². The van der Waals surface area contributed by atoms with Crippen molar-refractivity contribution in [3.05, 3.63) is 53.1 Å². The van der Waals surface area contributed by atoms with E-state index in [1.807, 2.05) is 4.90 Å². The van der Waals surface area contributed by atoms with Gasteiger partial charge in [0, 0.05) is 32.5 Å². The number of nitrogens with zero attached hydrogens (tertiary/aromatic N) is 3. The second-order valence-corrected chi connectivity index (χ2v) is 7.13. The molecule has 1 amide bonds. The fourth-order valence-corrected chi connectivity index (χ4v) is 3.69. The number of amides is 1. The summed E-state index contributed by atoms with van der Waals surface area (Å²) in [6.45, 7) is 4.39. The Labute approximate surface area is 158 Å². The van der Waals surface area contributed by atoms with Gasteiger partial charge in [-0.25, -0.2) is 4.39 Å². The zero-order chi connectivity index (χ0) is 18.6. The van der Waals surface area contributed by atoms with Gasteiger partial charge in [-0.3, -0.25) is 9.48 Å². The number of aryl methyl sites for hydroxylation is 2. The van der Waals surface area contributed by atoms with Crippen LogP contribution in [0.2, 0.25) is 0 Å². The average molecular weight is 372 g/mol. The van der Waals surface area contributed by atoms with Gasteiger partial charge in [-0.1, -0.05) is 12.1 Å². The normalized spacial score (nSPS) is 20.2. The Morgan fingerprint density at radius 2 is 2.15 bits per heavy atom. The number of carbonyl (C=O) groups excluding carboxylic acids is 1. The number of hydrogen-bond acceptors (Lipinski definition) is 4. The Kier molecular flexibility index (Phi) is 5.50. The monoisotopic (exact) mass is 372 g/mol. The van der Waals surface area contributed by atoms with E-state index in [0.717, 1.165) is 37.3 Å². The lowest BCUT2D eigenvalue weighted by Crippen LogP contribution is -2.42. The Balaban J connectivity index is 1.33. The maximum atomic E-state index is 13.1. The van der Waals surface area contributed by atoms with Gasteiger partial charge < -0.3 is 15.0 Å². The molecule has 4 rings (SSSR count). The lowest BCUT2D eigenvalue weighted by atomic mass is 10.1. The highest BCUT2D eigenvalue weighted by Gasteiger charge is 2.25. The van der Waals surface area contributed by atoms with Crippen molar-refractivity contribution in [3.8, 4) is 0 Å². The molecule has 0 bridgehead atoms. The molecule has 2 aromatic rings. The van der Waals surface area contributed by atoms with Gasteiger partial charge in [-0.05, 0) is 36.7 Å².